The Morgan fingerprint density at radius 1 is 1.14 bits per heavy atom. The van der Waals surface area contributed by atoms with Crippen LogP contribution in [0.2, 0.25) is 0 Å². The van der Waals surface area contributed by atoms with E-state index in [4.69, 9.17) is 5.73 Å². The minimum absolute atomic E-state index is 0.0341. The molecule has 0 aliphatic carbocycles. The lowest BCUT2D eigenvalue weighted by atomic mass is 10.1. The molecule has 2 aromatic rings. The fourth-order valence-electron chi connectivity index (χ4n) is 1.96. The molecular formula is C15H17FN2O2S. The fraction of sp³-hybridized carbons (Fsp3) is 0.200. The number of nitrogens with two attached hydrogens (primary N) is 1. The van der Waals surface area contributed by atoms with Crippen LogP contribution in [0.15, 0.2) is 47.4 Å². The van der Waals surface area contributed by atoms with Gasteiger partial charge >= 0.3 is 0 Å². The van der Waals surface area contributed by atoms with Crippen LogP contribution in [-0.4, -0.2) is 8.42 Å². The van der Waals surface area contributed by atoms with E-state index in [9.17, 15) is 12.8 Å². The summed E-state index contributed by atoms with van der Waals surface area (Å²) in [6.45, 7) is 2.02. The van der Waals surface area contributed by atoms with Gasteiger partial charge in [-0.05, 0) is 41.8 Å². The first-order chi connectivity index (χ1) is 9.92. The molecule has 0 aliphatic heterocycles. The summed E-state index contributed by atoms with van der Waals surface area (Å²) in [6, 6.07) is 10.9. The number of rotatable bonds is 5. The average Bonchev–Trinajstić information content (AvgIpc) is 2.46. The van der Waals surface area contributed by atoms with Gasteiger partial charge in [-0.15, -0.1) is 0 Å². The van der Waals surface area contributed by atoms with E-state index in [1.54, 1.807) is 37.3 Å². The zero-order valence-corrected chi connectivity index (χ0v) is 12.5. The number of nitrogens with one attached hydrogen (secondary N) is 1. The molecule has 0 atom stereocenters. The van der Waals surface area contributed by atoms with E-state index >= 15 is 0 Å². The van der Waals surface area contributed by atoms with Gasteiger partial charge in [0.05, 0.1) is 4.90 Å². The van der Waals surface area contributed by atoms with Gasteiger partial charge in [0.2, 0.25) is 10.0 Å². The van der Waals surface area contributed by atoms with Gasteiger partial charge in [-0.2, -0.15) is 0 Å². The predicted octanol–water partition coefficient (Wildman–Crippen LogP) is 2.07. The summed E-state index contributed by atoms with van der Waals surface area (Å²) in [5.41, 5.74) is 7.48. The highest BCUT2D eigenvalue weighted by Crippen LogP contribution is 2.17. The quantitative estimate of drug-likeness (QED) is 0.888. The maximum atomic E-state index is 13.1. The molecule has 2 rings (SSSR count). The van der Waals surface area contributed by atoms with E-state index in [1.165, 1.54) is 12.1 Å². The lowest BCUT2D eigenvalue weighted by Crippen LogP contribution is -2.24. The first kappa shape index (κ1) is 15.6. The molecule has 0 heterocycles. The number of hydrogen-bond donors (Lipinski definition) is 2. The van der Waals surface area contributed by atoms with Crippen molar-refractivity contribution in [3.05, 3.63) is 65.0 Å². The summed E-state index contributed by atoms with van der Waals surface area (Å²) < 4.78 is 40.2. The van der Waals surface area contributed by atoms with E-state index in [2.05, 4.69) is 4.72 Å². The third-order valence-corrected chi connectivity index (χ3v) is 4.68. The van der Waals surface area contributed by atoms with E-state index in [-0.39, 0.29) is 18.0 Å². The molecule has 0 radical (unpaired) electrons. The molecule has 3 N–H and O–H groups in total. The van der Waals surface area contributed by atoms with Crippen LogP contribution in [-0.2, 0) is 23.1 Å². The van der Waals surface area contributed by atoms with E-state index in [0.29, 0.717) is 11.1 Å². The molecule has 0 saturated heterocycles. The molecule has 0 spiro atoms. The van der Waals surface area contributed by atoms with Gasteiger partial charge in [0.15, 0.2) is 0 Å². The van der Waals surface area contributed by atoms with Crippen molar-refractivity contribution in [3.63, 3.8) is 0 Å². The van der Waals surface area contributed by atoms with E-state index < -0.39 is 15.8 Å². The second-order valence-electron chi connectivity index (χ2n) is 4.76. The number of halogens is 1. The van der Waals surface area contributed by atoms with Crippen LogP contribution in [0.3, 0.4) is 0 Å². The van der Waals surface area contributed by atoms with Gasteiger partial charge in [0.1, 0.15) is 5.82 Å². The van der Waals surface area contributed by atoms with Crippen molar-refractivity contribution in [1.82, 2.24) is 4.72 Å². The van der Waals surface area contributed by atoms with Gasteiger partial charge in [0.25, 0.3) is 0 Å². The maximum Gasteiger partial charge on any atom is 0.241 e. The molecule has 4 nitrogen and oxygen atoms in total. The first-order valence-electron chi connectivity index (χ1n) is 6.46. The van der Waals surface area contributed by atoms with E-state index in [0.717, 1.165) is 5.56 Å². The second kappa shape index (κ2) is 6.34. The van der Waals surface area contributed by atoms with Crippen LogP contribution in [0.1, 0.15) is 16.7 Å². The molecule has 0 aromatic heterocycles. The van der Waals surface area contributed by atoms with Gasteiger partial charge in [0, 0.05) is 13.1 Å². The Morgan fingerprint density at radius 2 is 1.90 bits per heavy atom. The Morgan fingerprint density at radius 3 is 2.57 bits per heavy atom. The molecule has 0 fully saturated rings. The van der Waals surface area contributed by atoms with Gasteiger partial charge in [-0.1, -0.05) is 24.3 Å². The summed E-state index contributed by atoms with van der Waals surface area (Å²) in [5, 5.41) is 0. The smallest absolute Gasteiger partial charge is 0.241 e. The molecule has 0 saturated carbocycles. The summed E-state index contributed by atoms with van der Waals surface area (Å²) in [7, 11) is -3.66. The Bertz CT molecular complexity index is 745. The predicted molar refractivity (Wildman–Crippen MR) is 79.5 cm³/mol. The van der Waals surface area contributed by atoms with Crippen molar-refractivity contribution >= 4 is 10.0 Å². The van der Waals surface area contributed by atoms with Crippen molar-refractivity contribution in [2.45, 2.75) is 24.9 Å². The van der Waals surface area contributed by atoms with Crippen LogP contribution < -0.4 is 10.5 Å². The van der Waals surface area contributed by atoms with Crippen LogP contribution in [0.5, 0.6) is 0 Å². The lowest BCUT2D eigenvalue weighted by molar-refractivity contribution is 0.579. The average molecular weight is 308 g/mol. The van der Waals surface area contributed by atoms with Crippen LogP contribution in [0.25, 0.3) is 0 Å². The highest BCUT2D eigenvalue weighted by atomic mass is 32.2. The van der Waals surface area contributed by atoms with E-state index in [1.807, 2.05) is 0 Å². The van der Waals surface area contributed by atoms with Crippen LogP contribution in [0, 0.1) is 12.7 Å². The molecule has 0 unspecified atom stereocenters. The van der Waals surface area contributed by atoms with Crippen molar-refractivity contribution in [2.24, 2.45) is 5.73 Å². The minimum Gasteiger partial charge on any atom is -0.326 e. The minimum atomic E-state index is -3.66. The van der Waals surface area contributed by atoms with Crippen molar-refractivity contribution < 1.29 is 12.8 Å². The Hall–Kier alpha value is -1.76. The normalized spacial score (nSPS) is 11.6. The van der Waals surface area contributed by atoms with Gasteiger partial charge < -0.3 is 5.73 Å². The largest absolute Gasteiger partial charge is 0.326 e. The van der Waals surface area contributed by atoms with Gasteiger partial charge in [-0.3, -0.25) is 0 Å². The molecule has 0 aliphatic rings. The highest BCUT2D eigenvalue weighted by Gasteiger charge is 2.17. The van der Waals surface area contributed by atoms with Gasteiger partial charge in [-0.25, -0.2) is 17.5 Å². The Labute approximate surface area is 123 Å². The zero-order chi connectivity index (χ0) is 15.5. The summed E-state index contributed by atoms with van der Waals surface area (Å²) >= 11 is 0. The first-order valence-corrected chi connectivity index (χ1v) is 7.94. The molecule has 0 bridgehead atoms. The summed E-state index contributed by atoms with van der Waals surface area (Å²) in [4.78, 5) is 0.196. The van der Waals surface area contributed by atoms with Crippen LogP contribution in [0.4, 0.5) is 4.39 Å². The second-order valence-corrected chi connectivity index (χ2v) is 6.49. The molecule has 112 valence electrons. The number of benzene rings is 2. The van der Waals surface area contributed by atoms with Crippen LogP contribution >= 0.6 is 0 Å². The lowest BCUT2D eigenvalue weighted by Gasteiger charge is -2.11. The number of sulfonamides is 1. The maximum absolute atomic E-state index is 13.1. The Balaban J connectivity index is 2.22. The monoisotopic (exact) mass is 308 g/mol. The molecular weight excluding hydrogens is 291 g/mol. The molecule has 6 heteroatoms. The molecule has 21 heavy (non-hydrogen) atoms. The standard InChI is InChI=1S/C15H17FN2O2S/c1-11-5-6-12(9-17)8-15(11)21(19,20)18-10-13-3-2-4-14(16)7-13/h2-8,18H,9-10,17H2,1H3. The number of hydrogen-bond acceptors (Lipinski definition) is 3. The third kappa shape index (κ3) is 3.87. The summed E-state index contributed by atoms with van der Waals surface area (Å²) in [5.74, 6) is -0.395. The van der Waals surface area contributed by atoms with Crippen molar-refractivity contribution in [1.29, 1.82) is 0 Å². The molecule has 2 aromatic carbocycles. The highest BCUT2D eigenvalue weighted by molar-refractivity contribution is 7.89. The SMILES string of the molecule is Cc1ccc(CN)cc1S(=O)(=O)NCc1cccc(F)c1. The summed E-state index contributed by atoms with van der Waals surface area (Å²) in [6.07, 6.45) is 0. The zero-order valence-electron chi connectivity index (χ0n) is 11.6. The third-order valence-electron chi connectivity index (χ3n) is 3.13. The van der Waals surface area contributed by atoms with Crippen molar-refractivity contribution in [3.8, 4) is 0 Å². The van der Waals surface area contributed by atoms with Crippen molar-refractivity contribution in [2.75, 3.05) is 0 Å². The number of aryl methyl sites for hydroxylation is 1. The Kier molecular flexibility index (Phi) is 4.72. The fourth-order valence-corrected chi connectivity index (χ4v) is 3.27. The molecule has 0 amide bonds. The topological polar surface area (TPSA) is 72.2 Å².